The second kappa shape index (κ2) is 8.87. The number of halogens is 1. The maximum Gasteiger partial charge on any atom is 0.252 e. The van der Waals surface area contributed by atoms with Crippen molar-refractivity contribution in [2.45, 2.75) is 9.10 Å². The molecule has 1 N–H and O–H groups in total. The maximum absolute atomic E-state index is 12.3. The number of likely N-dealkylation sites (N-methyl/N-ethyl adjacent to an activating group) is 1. The first-order valence-corrected chi connectivity index (χ1v) is 10.7. The van der Waals surface area contributed by atoms with Crippen LogP contribution < -0.4 is 5.32 Å². The molecular weight excluding hydrogens is 388 g/mol. The van der Waals surface area contributed by atoms with Gasteiger partial charge in [0.1, 0.15) is 4.21 Å². The summed E-state index contributed by atoms with van der Waals surface area (Å²) in [5.41, 5.74) is 0. The minimum atomic E-state index is -3.69. The highest BCUT2D eigenvalue weighted by atomic mass is 35.5. The number of hydrogen-bond acceptors (Lipinski definition) is 5. The van der Waals surface area contributed by atoms with E-state index < -0.39 is 10.0 Å². The first kappa shape index (κ1) is 19.3. The number of thiophene rings is 1. The van der Waals surface area contributed by atoms with E-state index in [2.05, 4.69) is 5.32 Å². The van der Waals surface area contributed by atoms with Crippen molar-refractivity contribution in [3.8, 4) is 0 Å². The number of nitrogens with one attached hydrogen (secondary N) is 1. The van der Waals surface area contributed by atoms with Crippen molar-refractivity contribution in [2.24, 2.45) is 0 Å². The monoisotopic (exact) mass is 404 g/mol. The molecule has 0 fully saturated rings. The van der Waals surface area contributed by atoms with Gasteiger partial charge >= 0.3 is 0 Å². The van der Waals surface area contributed by atoms with Gasteiger partial charge in [-0.25, -0.2) is 8.42 Å². The zero-order valence-corrected chi connectivity index (χ0v) is 16.1. The zero-order valence-electron chi connectivity index (χ0n) is 12.9. The van der Waals surface area contributed by atoms with Crippen molar-refractivity contribution in [1.82, 2.24) is 9.62 Å². The van der Waals surface area contributed by atoms with Crippen LogP contribution in [0.3, 0.4) is 0 Å². The third-order valence-electron chi connectivity index (χ3n) is 3.02. The SMILES string of the molecule is CN(CC(=O)NCCSc1ccccc1)S(=O)(=O)c1ccc(Cl)s1. The Bertz CT molecular complexity index is 778. The van der Waals surface area contributed by atoms with Gasteiger partial charge in [-0.15, -0.1) is 23.1 Å². The van der Waals surface area contributed by atoms with E-state index in [0.29, 0.717) is 16.6 Å². The number of sulfonamides is 1. The van der Waals surface area contributed by atoms with E-state index in [-0.39, 0.29) is 16.7 Å². The maximum atomic E-state index is 12.3. The molecule has 0 atom stereocenters. The summed E-state index contributed by atoms with van der Waals surface area (Å²) in [5.74, 6) is 0.379. The van der Waals surface area contributed by atoms with Gasteiger partial charge in [-0.2, -0.15) is 4.31 Å². The van der Waals surface area contributed by atoms with E-state index >= 15 is 0 Å². The third kappa shape index (κ3) is 5.49. The topological polar surface area (TPSA) is 66.5 Å². The lowest BCUT2D eigenvalue weighted by molar-refractivity contribution is -0.121. The van der Waals surface area contributed by atoms with Crippen LogP contribution in [0.1, 0.15) is 0 Å². The Morgan fingerprint density at radius 3 is 2.58 bits per heavy atom. The van der Waals surface area contributed by atoms with Gasteiger partial charge in [0.25, 0.3) is 10.0 Å². The first-order chi connectivity index (χ1) is 11.4. The number of thioether (sulfide) groups is 1. The molecule has 1 aromatic heterocycles. The number of hydrogen-bond donors (Lipinski definition) is 1. The van der Waals surface area contributed by atoms with Crippen LogP contribution in [0.4, 0.5) is 0 Å². The Kier molecular flexibility index (Phi) is 7.12. The molecule has 2 aromatic rings. The smallest absolute Gasteiger partial charge is 0.252 e. The summed E-state index contributed by atoms with van der Waals surface area (Å²) >= 11 is 8.36. The predicted octanol–water partition coefficient (Wildman–Crippen LogP) is 2.93. The lowest BCUT2D eigenvalue weighted by Gasteiger charge is -2.15. The standard InChI is InChI=1S/C15H17ClN2O3S3/c1-18(24(20,21)15-8-7-13(16)23-15)11-14(19)17-9-10-22-12-5-3-2-4-6-12/h2-8H,9-11H2,1H3,(H,17,19). The van der Waals surface area contributed by atoms with E-state index in [0.717, 1.165) is 20.5 Å². The fraction of sp³-hybridized carbons (Fsp3) is 0.267. The highest BCUT2D eigenvalue weighted by Gasteiger charge is 2.24. The van der Waals surface area contributed by atoms with Gasteiger partial charge in [-0.1, -0.05) is 29.8 Å². The van der Waals surface area contributed by atoms with E-state index in [1.165, 1.54) is 19.2 Å². The highest BCUT2D eigenvalue weighted by Crippen LogP contribution is 2.27. The van der Waals surface area contributed by atoms with E-state index in [1.54, 1.807) is 11.8 Å². The highest BCUT2D eigenvalue weighted by molar-refractivity contribution is 7.99. The van der Waals surface area contributed by atoms with Crippen LogP contribution in [0.25, 0.3) is 0 Å². The van der Waals surface area contributed by atoms with Gasteiger partial charge in [0, 0.05) is 24.2 Å². The van der Waals surface area contributed by atoms with Crippen LogP contribution in [0.15, 0.2) is 51.6 Å². The molecule has 0 saturated carbocycles. The first-order valence-electron chi connectivity index (χ1n) is 7.06. The lowest BCUT2D eigenvalue weighted by Crippen LogP contribution is -2.38. The Hall–Kier alpha value is -1.06. The summed E-state index contributed by atoms with van der Waals surface area (Å²) in [6.07, 6.45) is 0. The van der Waals surface area contributed by atoms with Crippen LogP contribution in [-0.4, -0.2) is 44.5 Å². The molecule has 5 nitrogen and oxygen atoms in total. The molecule has 2 rings (SSSR count). The molecule has 1 heterocycles. The molecule has 24 heavy (non-hydrogen) atoms. The number of carbonyl (C=O) groups is 1. The van der Waals surface area contributed by atoms with Gasteiger partial charge in [-0.05, 0) is 24.3 Å². The molecule has 0 aliphatic carbocycles. The van der Waals surface area contributed by atoms with E-state index in [9.17, 15) is 13.2 Å². The largest absolute Gasteiger partial charge is 0.354 e. The van der Waals surface area contributed by atoms with Crippen molar-refractivity contribution in [1.29, 1.82) is 0 Å². The Balaban J connectivity index is 1.77. The number of amides is 1. The number of carbonyl (C=O) groups excluding carboxylic acids is 1. The Labute approximate surface area is 155 Å². The predicted molar refractivity (Wildman–Crippen MR) is 99.3 cm³/mol. The summed E-state index contributed by atoms with van der Waals surface area (Å²) < 4.78 is 26.1. The molecule has 0 saturated heterocycles. The molecule has 9 heteroatoms. The average molecular weight is 405 g/mol. The summed E-state index contributed by atoms with van der Waals surface area (Å²) in [4.78, 5) is 13.0. The van der Waals surface area contributed by atoms with Gasteiger partial charge in [0.2, 0.25) is 5.91 Å². The lowest BCUT2D eigenvalue weighted by atomic mass is 10.4. The van der Waals surface area contributed by atoms with Crippen molar-refractivity contribution in [2.75, 3.05) is 25.9 Å². The van der Waals surface area contributed by atoms with Gasteiger partial charge in [-0.3, -0.25) is 4.79 Å². The molecule has 0 bridgehead atoms. The Morgan fingerprint density at radius 1 is 1.25 bits per heavy atom. The molecular formula is C15H17ClN2O3S3. The molecule has 0 aliphatic rings. The van der Waals surface area contributed by atoms with Crippen LogP contribution in [0.2, 0.25) is 4.34 Å². The minimum absolute atomic E-state index is 0.127. The molecule has 1 aromatic carbocycles. The van der Waals surface area contributed by atoms with Crippen molar-refractivity contribution < 1.29 is 13.2 Å². The second-order valence-corrected chi connectivity index (χ2v) is 9.99. The summed E-state index contributed by atoms with van der Waals surface area (Å²) in [5, 5.41) is 2.72. The summed E-state index contributed by atoms with van der Waals surface area (Å²) in [6.45, 7) is 0.241. The van der Waals surface area contributed by atoms with Crippen LogP contribution in [0.5, 0.6) is 0 Å². The molecule has 0 spiro atoms. The van der Waals surface area contributed by atoms with Crippen LogP contribution >= 0.6 is 34.7 Å². The molecule has 0 unspecified atom stereocenters. The van der Waals surface area contributed by atoms with Gasteiger partial charge in [0.05, 0.1) is 10.9 Å². The van der Waals surface area contributed by atoms with E-state index in [4.69, 9.17) is 11.6 Å². The average Bonchev–Trinajstić information content (AvgIpc) is 3.00. The number of benzene rings is 1. The number of nitrogens with zero attached hydrogens (tertiary/aromatic N) is 1. The molecule has 130 valence electrons. The fourth-order valence-electron chi connectivity index (χ4n) is 1.81. The minimum Gasteiger partial charge on any atom is -0.354 e. The Morgan fingerprint density at radius 2 is 1.96 bits per heavy atom. The third-order valence-corrected chi connectivity index (χ3v) is 7.53. The number of rotatable bonds is 8. The fourth-order valence-corrected chi connectivity index (χ4v) is 5.42. The van der Waals surface area contributed by atoms with Gasteiger partial charge in [0.15, 0.2) is 0 Å². The normalized spacial score (nSPS) is 11.6. The summed E-state index contributed by atoms with van der Waals surface area (Å²) in [6, 6.07) is 12.8. The van der Waals surface area contributed by atoms with Crippen molar-refractivity contribution in [3.63, 3.8) is 0 Å². The zero-order chi connectivity index (χ0) is 17.6. The van der Waals surface area contributed by atoms with Crippen molar-refractivity contribution in [3.05, 3.63) is 46.8 Å². The second-order valence-electron chi connectivity index (χ2n) is 4.83. The van der Waals surface area contributed by atoms with E-state index in [1.807, 2.05) is 30.3 Å². The molecule has 0 aliphatic heterocycles. The van der Waals surface area contributed by atoms with Crippen LogP contribution in [-0.2, 0) is 14.8 Å². The summed E-state index contributed by atoms with van der Waals surface area (Å²) in [7, 11) is -2.31. The van der Waals surface area contributed by atoms with Crippen molar-refractivity contribution >= 4 is 50.6 Å². The van der Waals surface area contributed by atoms with Gasteiger partial charge < -0.3 is 5.32 Å². The molecule has 1 amide bonds. The molecule has 0 radical (unpaired) electrons. The quantitative estimate of drug-likeness (QED) is 0.542. The van der Waals surface area contributed by atoms with Crippen LogP contribution in [0, 0.1) is 0 Å².